The predicted molar refractivity (Wildman–Crippen MR) is 105 cm³/mol. The minimum Gasteiger partial charge on any atom is -0.341 e. The van der Waals surface area contributed by atoms with Crippen LogP contribution in [-0.4, -0.2) is 43.6 Å². The first-order valence-corrected chi connectivity index (χ1v) is 10.4. The fourth-order valence-electron chi connectivity index (χ4n) is 4.95. The number of hydrogen-bond acceptors (Lipinski definition) is 7. The Kier molecular flexibility index (Phi) is 4.59. The maximum Gasteiger partial charge on any atom is 0.167 e. The molecule has 5 rings (SSSR count). The standard InChI is InChI=1S/C21H27N5O3/c1-4-13-17-18(29-21(2,3)28-17)20(27-13)26-11-25-16-15(23-10-24-19(16)26)14(22)12-8-6-5-7-9-12/h1,10-14,17-18,20H,5-9,22H2,2-3H3/t13-,14?,17-,18+,20-/m1/s1. The molecular formula is C21H27N5O3. The Labute approximate surface area is 170 Å². The number of terminal acetylenes is 1. The van der Waals surface area contributed by atoms with Crippen LogP contribution < -0.4 is 5.73 Å². The van der Waals surface area contributed by atoms with E-state index in [1.54, 1.807) is 12.7 Å². The van der Waals surface area contributed by atoms with Crippen molar-refractivity contribution in [2.75, 3.05) is 0 Å². The topological polar surface area (TPSA) is 97.3 Å². The molecule has 0 bridgehead atoms. The van der Waals surface area contributed by atoms with Gasteiger partial charge in [0, 0.05) is 0 Å². The highest BCUT2D eigenvalue weighted by Gasteiger charge is 2.55. The Bertz CT molecular complexity index is 945. The van der Waals surface area contributed by atoms with Crippen LogP contribution in [0.2, 0.25) is 0 Å². The molecule has 1 unspecified atom stereocenters. The summed E-state index contributed by atoms with van der Waals surface area (Å²) in [5, 5.41) is 0. The zero-order valence-electron chi connectivity index (χ0n) is 16.8. The van der Waals surface area contributed by atoms with E-state index in [1.807, 2.05) is 18.4 Å². The molecule has 8 nitrogen and oxygen atoms in total. The molecule has 154 valence electrons. The Morgan fingerprint density at radius 3 is 2.69 bits per heavy atom. The van der Waals surface area contributed by atoms with Crippen LogP contribution in [0.5, 0.6) is 0 Å². The molecule has 5 atom stereocenters. The fraction of sp³-hybridized carbons (Fsp3) is 0.667. The second-order valence-corrected chi connectivity index (χ2v) is 8.69. The number of fused-ring (bicyclic) bond motifs is 2. The van der Waals surface area contributed by atoms with E-state index < -0.39 is 18.1 Å². The van der Waals surface area contributed by atoms with Crippen LogP contribution in [0.4, 0.5) is 0 Å². The van der Waals surface area contributed by atoms with Gasteiger partial charge in [-0.1, -0.05) is 25.2 Å². The highest BCUT2D eigenvalue weighted by molar-refractivity contribution is 5.73. The molecule has 4 heterocycles. The number of aromatic nitrogens is 4. The number of imidazole rings is 1. The van der Waals surface area contributed by atoms with Gasteiger partial charge in [-0.3, -0.25) is 4.57 Å². The second kappa shape index (κ2) is 7.03. The lowest BCUT2D eigenvalue weighted by atomic mass is 9.83. The summed E-state index contributed by atoms with van der Waals surface area (Å²) >= 11 is 0. The van der Waals surface area contributed by atoms with Crippen molar-refractivity contribution in [3.8, 4) is 12.3 Å². The van der Waals surface area contributed by atoms with Gasteiger partial charge in [0.15, 0.2) is 17.7 Å². The number of nitrogens with zero attached hydrogens (tertiary/aromatic N) is 4. The van der Waals surface area contributed by atoms with Crippen molar-refractivity contribution >= 4 is 11.2 Å². The van der Waals surface area contributed by atoms with Crippen LogP contribution in [0.3, 0.4) is 0 Å². The summed E-state index contributed by atoms with van der Waals surface area (Å²) in [6, 6.07) is -0.148. The number of ether oxygens (including phenoxy) is 3. The third kappa shape index (κ3) is 3.13. The van der Waals surface area contributed by atoms with Crippen LogP contribution >= 0.6 is 0 Å². The molecule has 2 saturated heterocycles. The average Bonchev–Trinajstić information content (AvgIpc) is 3.38. The summed E-state index contributed by atoms with van der Waals surface area (Å²) < 4.78 is 20.0. The van der Waals surface area contributed by atoms with Gasteiger partial charge >= 0.3 is 0 Å². The Hall–Kier alpha value is -2.05. The fourth-order valence-corrected chi connectivity index (χ4v) is 4.95. The zero-order chi connectivity index (χ0) is 20.2. The molecule has 2 aromatic heterocycles. The third-order valence-electron chi connectivity index (χ3n) is 6.33. The molecule has 1 saturated carbocycles. The summed E-state index contributed by atoms with van der Waals surface area (Å²) in [7, 11) is 0. The van der Waals surface area contributed by atoms with E-state index in [-0.39, 0.29) is 18.2 Å². The van der Waals surface area contributed by atoms with Crippen LogP contribution in [-0.2, 0) is 14.2 Å². The largest absolute Gasteiger partial charge is 0.341 e. The molecule has 3 fully saturated rings. The Balaban J connectivity index is 1.50. The summed E-state index contributed by atoms with van der Waals surface area (Å²) in [6.45, 7) is 3.76. The molecule has 1 aliphatic carbocycles. The molecule has 0 spiro atoms. The van der Waals surface area contributed by atoms with Gasteiger partial charge in [-0.2, -0.15) is 0 Å². The highest BCUT2D eigenvalue weighted by Crippen LogP contribution is 2.44. The molecule has 0 radical (unpaired) electrons. The van der Waals surface area contributed by atoms with Gasteiger partial charge in [0.25, 0.3) is 0 Å². The summed E-state index contributed by atoms with van der Waals surface area (Å²) in [5.74, 6) is 2.38. The second-order valence-electron chi connectivity index (χ2n) is 8.69. The van der Waals surface area contributed by atoms with E-state index in [4.69, 9.17) is 26.4 Å². The van der Waals surface area contributed by atoms with Crippen LogP contribution in [0.15, 0.2) is 12.7 Å². The van der Waals surface area contributed by atoms with Gasteiger partial charge in [-0.05, 0) is 32.6 Å². The lowest BCUT2D eigenvalue weighted by molar-refractivity contribution is -0.190. The first-order valence-electron chi connectivity index (χ1n) is 10.4. The van der Waals surface area contributed by atoms with Crippen molar-refractivity contribution in [1.29, 1.82) is 0 Å². The number of rotatable bonds is 3. The predicted octanol–water partition coefficient (Wildman–Crippen LogP) is 2.46. The minimum absolute atomic E-state index is 0.148. The molecule has 3 aliphatic rings. The van der Waals surface area contributed by atoms with E-state index >= 15 is 0 Å². The summed E-state index contributed by atoms with van der Waals surface area (Å²) in [5.41, 5.74) is 8.81. The minimum atomic E-state index is -0.716. The van der Waals surface area contributed by atoms with Crippen molar-refractivity contribution in [2.45, 2.75) is 82.3 Å². The van der Waals surface area contributed by atoms with E-state index in [0.29, 0.717) is 17.1 Å². The van der Waals surface area contributed by atoms with Crippen molar-refractivity contribution < 1.29 is 14.2 Å². The monoisotopic (exact) mass is 397 g/mol. The summed E-state index contributed by atoms with van der Waals surface area (Å²) in [6.07, 6.45) is 13.3. The molecule has 2 aliphatic heterocycles. The van der Waals surface area contributed by atoms with E-state index in [0.717, 1.165) is 18.5 Å². The Morgan fingerprint density at radius 1 is 1.17 bits per heavy atom. The molecule has 8 heteroatoms. The van der Waals surface area contributed by atoms with Crippen LogP contribution in [0, 0.1) is 18.3 Å². The number of nitrogens with two attached hydrogens (primary N) is 1. The van der Waals surface area contributed by atoms with E-state index in [9.17, 15) is 0 Å². The lowest BCUT2D eigenvalue weighted by Gasteiger charge is -2.27. The molecule has 2 aromatic rings. The first kappa shape index (κ1) is 18.9. The normalized spacial score (nSPS) is 32.9. The van der Waals surface area contributed by atoms with Crippen LogP contribution in [0.1, 0.15) is 63.9 Å². The van der Waals surface area contributed by atoms with Gasteiger partial charge in [0.05, 0.1) is 18.1 Å². The van der Waals surface area contributed by atoms with Gasteiger partial charge in [-0.25, -0.2) is 15.0 Å². The smallest absolute Gasteiger partial charge is 0.167 e. The number of hydrogen-bond donors (Lipinski definition) is 1. The first-order chi connectivity index (χ1) is 14.0. The maximum atomic E-state index is 6.62. The van der Waals surface area contributed by atoms with Gasteiger partial charge < -0.3 is 19.9 Å². The summed E-state index contributed by atoms with van der Waals surface area (Å²) in [4.78, 5) is 13.6. The van der Waals surface area contributed by atoms with Crippen molar-refractivity contribution in [2.24, 2.45) is 11.7 Å². The lowest BCUT2D eigenvalue weighted by Crippen LogP contribution is -2.28. The van der Waals surface area contributed by atoms with Crippen molar-refractivity contribution in [3.63, 3.8) is 0 Å². The Morgan fingerprint density at radius 2 is 1.93 bits per heavy atom. The molecule has 0 amide bonds. The van der Waals surface area contributed by atoms with E-state index in [1.165, 1.54) is 19.3 Å². The van der Waals surface area contributed by atoms with Gasteiger partial charge in [-0.15, -0.1) is 6.42 Å². The SMILES string of the molecule is C#C[C@H]1O[C@@H](n2cnc3c(C(N)C4CCCCC4)ncnc32)[C@H]2OC(C)(C)O[C@@H]21. The zero-order valence-corrected chi connectivity index (χ0v) is 16.8. The molecule has 2 N–H and O–H groups in total. The maximum absolute atomic E-state index is 6.62. The van der Waals surface area contributed by atoms with Crippen molar-refractivity contribution in [1.82, 2.24) is 19.5 Å². The average molecular weight is 397 g/mol. The molecule has 0 aromatic carbocycles. The highest BCUT2D eigenvalue weighted by atomic mass is 16.8. The van der Waals surface area contributed by atoms with Crippen molar-refractivity contribution in [3.05, 3.63) is 18.3 Å². The third-order valence-corrected chi connectivity index (χ3v) is 6.33. The quantitative estimate of drug-likeness (QED) is 0.795. The van der Waals surface area contributed by atoms with E-state index in [2.05, 4.69) is 20.9 Å². The molecular weight excluding hydrogens is 370 g/mol. The van der Waals surface area contributed by atoms with Crippen LogP contribution in [0.25, 0.3) is 11.2 Å². The molecule has 29 heavy (non-hydrogen) atoms. The van der Waals surface area contributed by atoms with Gasteiger partial charge in [0.1, 0.15) is 30.2 Å². The van der Waals surface area contributed by atoms with Gasteiger partial charge in [0.2, 0.25) is 0 Å².